The van der Waals surface area contributed by atoms with E-state index in [1.807, 2.05) is 0 Å². The normalized spacial score (nSPS) is 16.9. The molecule has 2 aromatic heterocycles. The van der Waals surface area contributed by atoms with Crippen molar-refractivity contribution in [3.63, 3.8) is 0 Å². The largest absolute Gasteiger partial charge is 0.444 e. The van der Waals surface area contributed by atoms with E-state index in [-0.39, 0.29) is 15.9 Å². The van der Waals surface area contributed by atoms with E-state index in [9.17, 15) is 22.4 Å². The van der Waals surface area contributed by atoms with Gasteiger partial charge in [-0.2, -0.15) is 0 Å². The van der Waals surface area contributed by atoms with Crippen LogP contribution in [0.1, 0.15) is 45.2 Å². The number of nitrogens with zero attached hydrogens (tertiary/aromatic N) is 4. The Labute approximate surface area is 225 Å². The van der Waals surface area contributed by atoms with Crippen LogP contribution in [0.2, 0.25) is 5.02 Å². The first-order valence-electron chi connectivity index (χ1n) is 11.9. The molecular weight excluding hydrogens is 535 g/mol. The van der Waals surface area contributed by atoms with Crippen LogP contribution in [0.5, 0.6) is 0 Å². The maximum atomic E-state index is 14.6. The van der Waals surface area contributed by atoms with E-state index < -0.39 is 45.0 Å². The first-order valence-corrected chi connectivity index (χ1v) is 14.2. The third-order valence-corrected chi connectivity index (χ3v) is 7.25. The van der Waals surface area contributed by atoms with E-state index in [0.717, 1.165) is 6.26 Å². The van der Waals surface area contributed by atoms with Crippen molar-refractivity contribution in [2.24, 2.45) is 0 Å². The number of halogens is 2. The molecule has 1 aromatic carbocycles. The molecule has 12 heteroatoms. The van der Waals surface area contributed by atoms with Gasteiger partial charge < -0.3 is 14.2 Å². The van der Waals surface area contributed by atoms with Crippen molar-refractivity contribution in [2.45, 2.75) is 56.5 Å². The molecule has 0 spiro atoms. The van der Waals surface area contributed by atoms with Crippen molar-refractivity contribution in [2.75, 3.05) is 12.8 Å². The minimum Gasteiger partial charge on any atom is -0.444 e. The van der Waals surface area contributed by atoms with Crippen LogP contribution in [0.25, 0.3) is 11.3 Å². The summed E-state index contributed by atoms with van der Waals surface area (Å²) in [5.41, 5.74) is -0.0560. The Morgan fingerprint density at radius 1 is 1.21 bits per heavy atom. The van der Waals surface area contributed by atoms with Crippen LogP contribution in [0.3, 0.4) is 0 Å². The Bertz CT molecular complexity index is 1540. The van der Waals surface area contributed by atoms with E-state index in [1.54, 1.807) is 37.8 Å². The fourth-order valence-corrected chi connectivity index (χ4v) is 5.13. The van der Waals surface area contributed by atoms with Gasteiger partial charge in [0.2, 0.25) is 15.0 Å². The number of sulfone groups is 1. The number of ether oxygens (including phenoxy) is 1. The number of benzene rings is 1. The molecule has 1 saturated heterocycles. The summed E-state index contributed by atoms with van der Waals surface area (Å²) in [4.78, 5) is 36.0. The van der Waals surface area contributed by atoms with Gasteiger partial charge in [-0.15, -0.1) is 0 Å². The molecular formula is C26H28ClFN4O5S. The standard InChI is InChI=1S/C26H28ClFN4O5S/c1-26(2,3)37-25(34)31-12-5-6-21(31)23(17-7-8-18(27)19(28)14-17)32-13-10-16(15-22(32)33)20-9-11-29-24(30-20)38(4,35)36/h7-11,13-15,21,23H,5-6,12H2,1-4H3/t21-,23+/m1/s1. The zero-order valence-electron chi connectivity index (χ0n) is 21.4. The van der Waals surface area contributed by atoms with Gasteiger partial charge >= 0.3 is 6.09 Å². The Morgan fingerprint density at radius 3 is 2.58 bits per heavy atom. The summed E-state index contributed by atoms with van der Waals surface area (Å²) in [6.45, 7) is 5.74. The maximum Gasteiger partial charge on any atom is 0.410 e. The van der Waals surface area contributed by atoms with Gasteiger partial charge in [-0.3, -0.25) is 4.79 Å². The molecule has 38 heavy (non-hydrogen) atoms. The topological polar surface area (TPSA) is 111 Å². The second-order valence-electron chi connectivity index (χ2n) is 10.2. The number of amides is 1. The van der Waals surface area contributed by atoms with Gasteiger partial charge in [-0.05, 0) is 63.4 Å². The maximum absolute atomic E-state index is 14.6. The third kappa shape index (κ3) is 6.05. The number of hydrogen-bond acceptors (Lipinski definition) is 7. The molecule has 1 amide bonds. The lowest BCUT2D eigenvalue weighted by atomic mass is 9.96. The Kier molecular flexibility index (Phi) is 7.62. The van der Waals surface area contributed by atoms with Crippen molar-refractivity contribution in [1.29, 1.82) is 0 Å². The molecule has 1 fully saturated rings. The van der Waals surface area contributed by atoms with Gasteiger partial charge in [0.25, 0.3) is 5.56 Å². The Balaban J connectivity index is 1.80. The van der Waals surface area contributed by atoms with Crippen LogP contribution in [-0.4, -0.2) is 58.4 Å². The summed E-state index contributed by atoms with van der Waals surface area (Å²) in [5, 5.41) is -0.413. The average Bonchev–Trinajstić information content (AvgIpc) is 3.31. The van der Waals surface area contributed by atoms with Gasteiger partial charge in [0, 0.05) is 36.8 Å². The Hall–Kier alpha value is -3.31. The van der Waals surface area contributed by atoms with Crippen molar-refractivity contribution >= 4 is 27.5 Å². The fourth-order valence-electron chi connectivity index (χ4n) is 4.49. The molecule has 0 saturated carbocycles. The minimum atomic E-state index is -3.65. The van der Waals surface area contributed by atoms with Crippen LogP contribution >= 0.6 is 11.6 Å². The summed E-state index contributed by atoms with van der Waals surface area (Å²) >= 11 is 5.92. The summed E-state index contributed by atoms with van der Waals surface area (Å²) < 4.78 is 45.3. The van der Waals surface area contributed by atoms with Crippen molar-refractivity contribution < 1.29 is 22.3 Å². The monoisotopic (exact) mass is 562 g/mol. The molecule has 3 aromatic rings. The molecule has 9 nitrogen and oxygen atoms in total. The van der Waals surface area contributed by atoms with E-state index in [1.165, 1.54) is 41.2 Å². The summed E-state index contributed by atoms with van der Waals surface area (Å²) in [5.74, 6) is -0.644. The molecule has 0 unspecified atom stereocenters. The highest BCUT2D eigenvalue weighted by molar-refractivity contribution is 7.90. The summed E-state index contributed by atoms with van der Waals surface area (Å²) in [7, 11) is -3.65. The lowest BCUT2D eigenvalue weighted by Gasteiger charge is -2.34. The average molecular weight is 563 g/mol. The Morgan fingerprint density at radius 2 is 1.95 bits per heavy atom. The van der Waals surface area contributed by atoms with Gasteiger partial charge in [0.05, 0.1) is 22.8 Å². The van der Waals surface area contributed by atoms with Crippen LogP contribution in [-0.2, 0) is 14.6 Å². The summed E-state index contributed by atoms with van der Waals surface area (Å²) in [6.07, 6.45) is 4.56. The lowest BCUT2D eigenvalue weighted by molar-refractivity contribution is 0.0195. The predicted molar refractivity (Wildman–Crippen MR) is 140 cm³/mol. The number of hydrogen-bond donors (Lipinski definition) is 0. The van der Waals surface area contributed by atoms with E-state index in [2.05, 4.69) is 9.97 Å². The second kappa shape index (κ2) is 10.5. The number of rotatable bonds is 5. The number of carbonyl (C=O) groups excluding carboxylic acids is 1. The number of likely N-dealkylation sites (tertiary alicyclic amines) is 1. The van der Waals surface area contributed by atoms with E-state index >= 15 is 0 Å². The van der Waals surface area contributed by atoms with Crippen molar-refractivity contribution in [3.8, 4) is 11.3 Å². The molecule has 0 bridgehead atoms. The second-order valence-corrected chi connectivity index (χ2v) is 12.5. The summed E-state index contributed by atoms with van der Waals surface area (Å²) in [6, 6.07) is 7.51. The molecule has 1 aliphatic rings. The fraction of sp³-hybridized carbons (Fsp3) is 0.385. The molecule has 3 heterocycles. The van der Waals surface area contributed by atoms with Crippen LogP contribution in [0.4, 0.5) is 9.18 Å². The van der Waals surface area contributed by atoms with Crippen LogP contribution in [0, 0.1) is 5.82 Å². The van der Waals surface area contributed by atoms with Gasteiger partial charge in [-0.1, -0.05) is 17.7 Å². The van der Waals surface area contributed by atoms with Crippen LogP contribution < -0.4 is 5.56 Å². The highest BCUT2D eigenvalue weighted by Crippen LogP contribution is 2.34. The first kappa shape index (κ1) is 27.7. The van der Waals surface area contributed by atoms with Crippen LogP contribution in [0.15, 0.2) is 58.7 Å². The molecule has 1 aliphatic heterocycles. The van der Waals surface area contributed by atoms with E-state index in [4.69, 9.17) is 16.3 Å². The first-order chi connectivity index (χ1) is 17.7. The lowest BCUT2D eigenvalue weighted by Crippen LogP contribution is -2.45. The quantitative estimate of drug-likeness (QED) is 0.421. The number of carbonyl (C=O) groups is 1. The predicted octanol–water partition coefficient (Wildman–Crippen LogP) is 4.49. The smallest absolute Gasteiger partial charge is 0.410 e. The molecule has 0 N–H and O–H groups in total. The van der Waals surface area contributed by atoms with Crippen molar-refractivity contribution in [3.05, 3.63) is 75.5 Å². The van der Waals surface area contributed by atoms with Crippen molar-refractivity contribution in [1.82, 2.24) is 19.4 Å². The van der Waals surface area contributed by atoms with Gasteiger partial charge in [0.15, 0.2) is 0 Å². The SMILES string of the molecule is CC(C)(C)OC(=O)N1CCC[C@@H]1[C@H](c1ccc(Cl)c(F)c1)n1ccc(-c2ccnc(S(C)(=O)=O)n2)cc1=O. The molecule has 0 radical (unpaired) electrons. The molecule has 2 atom stereocenters. The molecule has 0 aliphatic carbocycles. The van der Waals surface area contributed by atoms with Gasteiger partial charge in [0.1, 0.15) is 11.4 Å². The van der Waals surface area contributed by atoms with E-state index in [0.29, 0.717) is 30.5 Å². The zero-order chi connectivity index (χ0) is 27.8. The molecule has 4 rings (SSSR count). The third-order valence-electron chi connectivity index (χ3n) is 6.09. The van der Waals surface area contributed by atoms with Gasteiger partial charge in [-0.25, -0.2) is 27.6 Å². The highest BCUT2D eigenvalue weighted by atomic mass is 35.5. The number of aromatic nitrogens is 3. The highest BCUT2D eigenvalue weighted by Gasteiger charge is 2.39. The molecule has 202 valence electrons. The zero-order valence-corrected chi connectivity index (χ0v) is 23.0. The number of pyridine rings is 1. The minimum absolute atomic E-state index is 0.0592.